The molecule has 0 bridgehead atoms. The second-order valence-electron chi connectivity index (χ2n) is 1.31. The second-order valence-corrected chi connectivity index (χ2v) is 1.31. The maximum Gasteiger partial charge on any atom is 0.328 e. The van der Waals surface area contributed by atoms with Crippen molar-refractivity contribution in [2.45, 2.75) is 0 Å². The fraction of sp³-hybridized carbons (Fsp3) is 0.200. The molecule has 0 fully saturated rings. The highest BCUT2D eigenvalue weighted by Gasteiger charge is 1.85. The molecule has 0 rings (SSSR count). The zero-order valence-electron chi connectivity index (χ0n) is 5.35. The van der Waals surface area contributed by atoms with E-state index in [1.54, 1.807) is 0 Å². The van der Waals surface area contributed by atoms with Gasteiger partial charge in [0, 0.05) is 24.2 Å². The second kappa shape index (κ2) is 4.37. The molecule has 0 radical (unpaired) electrons. The van der Waals surface area contributed by atoms with E-state index in [1.807, 2.05) is 0 Å². The summed E-state index contributed by atoms with van der Waals surface area (Å²) < 4.78 is 0. The molecule has 0 heterocycles. The van der Waals surface area contributed by atoms with Gasteiger partial charge in [-0.25, -0.2) is 4.79 Å². The Morgan fingerprint density at radius 1 is 1.80 bits per heavy atom. The van der Waals surface area contributed by atoms with E-state index in [2.05, 4.69) is 4.84 Å². The largest absolute Gasteiger partial charge is 0.478 e. The summed E-state index contributed by atoms with van der Waals surface area (Å²) in [6, 6.07) is 0. The molecule has 10 heavy (non-hydrogen) atoms. The lowest BCUT2D eigenvalue weighted by molar-refractivity contribution is -0.729. The number of aliphatic carboxylic acids is 1. The van der Waals surface area contributed by atoms with Crippen molar-refractivity contribution in [2.75, 3.05) is 7.11 Å². The van der Waals surface area contributed by atoms with Crippen LogP contribution in [0.15, 0.2) is 12.2 Å². The number of rotatable bonds is 3. The summed E-state index contributed by atoms with van der Waals surface area (Å²) in [5, 5.41) is 18.2. The van der Waals surface area contributed by atoms with Gasteiger partial charge in [0.15, 0.2) is 0 Å². The number of hydrogen-bond donors (Lipinski definition) is 1. The van der Waals surface area contributed by atoms with Gasteiger partial charge in [0.05, 0.1) is 0 Å². The Kier molecular flexibility index (Phi) is 3.70. The number of carboxylic acids is 1. The number of hydrogen-bond acceptors (Lipinski definition) is 3. The molecule has 56 valence electrons. The fourth-order valence-electron chi connectivity index (χ4n) is 0.256. The minimum absolute atomic E-state index is 0.138. The van der Waals surface area contributed by atoms with Crippen LogP contribution < -0.4 is 0 Å². The van der Waals surface area contributed by atoms with Gasteiger partial charge in [-0.1, -0.05) is 0 Å². The van der Waals surface area contributed by atoms with Crippen LogP contribution in [0, 0.1) is 5.21 Å². The zero-order valence-corrected chi connectivity index (χ0v) is 5.35. The maximum atomic E-state index is 10.2. The molecule has 0 spiro atoms. The molecule has 5 heteroatoms. The van der Waals surface area contributed by atoms with Crippen LogP contribution in [0.3, 0.4) is 0 Å². The van der Waals surface area contributed by atoms with Crippen LogP contribution in [0.2, 0.25) is 0 Å². The Balaban J connectivity index is 3.82. The first kappa shape index (κ1) is 8.48. The van der Waals surface area contributed by atoms with E-state index in [9.17, 15) is 10.0 Å². The summed E-state index contributed by atoms with van der Waals surface area (Å²) >= 11 is 0. The minimum atomic E-state index is -1.11. The van der Waals surface area contributed by atoms with Crippen molar-refractivity contribution in [3.05, 3.63) is 17.4 Å². The van der Waals surface area contributed by atoms with E-state index in [4.69, 9.17) is 5.11 Å². The van der Waals surface area contributed by atoms with Gasteiger partial charge in [0.2, 0.25) is 6.21 Å². The molecule has 0 aliphatic heterocycles. The predicted molar refractivity (Wildman–Crippen MR) is 33.5 cm³/mol. The van der Waals surface area contributed by atoms with Crippen LogP contribution in [0.25, 0.3) is 0 Å². The normalized spacial score (nSPS) is 11.9. The molecule has 5 nitrogen and oxygen atoms in total. The molecular formula is C5H7NO4. The summed E-state index contributed by atoms with van der Waals surface area (Å²) in [7, 11) is 1.18. The van der Waals surface area contributed by atoms with Crippen molar-refractivity contribution in [1.82, 2.24) is 0 Å². The highest BCUT2D eigenvalue weighted by atomic mass is 16.8. The smallest absolute Gasteiger partial charge is 0.328 e. The lowest BCUT2D eigenvalue weighted by Crippen LogP contribution is -2.00. The first-order valence-corrected chi connectivity index (χ1v) is 2.41. The third-order valence-electron chi connectivity index (χ3n) is 0.627. The molecule has 0 aromatic carbocycles. The van der Waals surface area contributed by atoms with Crippen LogP contribution in [-0.4, -0.2) is 29.3 Å². The minimum Gasteiger partial charge on any atom is -0.478 e. The number of allylic oxidation sites excluding steroid dienone is 1. The molecule has 0 amide bonds. The number of nitrogens with zero attached hydrogens (tertiary/aromatic N) is 1. The Labute approximate surface area is 57.4 Å². The van der Waals surface area contributed by atoms with Crippen molar-refractivity contribution < 1.29 is 19.6 Å². The van der Waals surface area contributed by atoms with E-state index in [-0.39, 0.29) is 4.90 Å². The molecule has 0 saturated carbocycles. The molecule has 0 saturated heterocycles. The molecule has 0 unspecified atom stereocenters. The molecule has 0 atom stereocenters. The van der Waals surface area contributed by atoms with E-state index in [1.165, 1.54) is 7.11 Å². The molecule has 0 aliphatic rings. The highest BCUT2D eigenvalue weighted by Crippen LogP contribution is 1.70. The van der Waals surface area contributed by atoms with Gasteiger partial charge in [-0.3, -0.25) is 5.21 Å². The van der Waals surface area contributed by atoms with Gasteiger partial charge in [0.25, 0.3) is 0 Å². The molecule has 0 aromatic rings. The first-order chi connectivity index (χ1) is 4.66. The van der Waals surface area contributed by atoms with E-state index in [0.29, 0.717) is 0 Å². The molecule has 0 aliphatic carbocycles. The Morgan fingerprint density at radius 2 is 2.40 bits per heavy atom. The van der Waals surface area contributed by atoms with Crippen LogP contribution >= 0.6 is 0 Å². The highest BCUT2D eigenvalue weighted by molar-refractivity contribution is 5.85. The van der Waals surface area contributed by atoms with Crippen LogP contribution in [-0.2, 0) is 9.63 Å². The zero-order chi connectivity index (χ0) is 7.98. The Bertz CT molecular complexity index is 172. The third-order valence-corrected chi connectivity index (χ3v) is 0.627. The van der Waals surface area contributed by atoms with Crippen molar-refractivity contribution in [3.63, 3.8) is 0 Å². The summed E-state index contributed by atoms with van der Waals surface area (Å²) in [4.78, 5) is 14.0. The summed E-state index contributed by atoms with van der Waals surface area (Å²) in [5.41, 5.74) is 0. The lowest BCUT2D eigenvalue weighted by atomic mass is 10.5. The van der Waals surface area contributed by atoms with Crippen molar-refractivity contribution in [3.8, 4) is 0 Å². The Morgan fingerprint density at radius 3 is 2.80 bits per heavy atom. The third kappa shape index (κ3) is 4.63. The fourth-order valence-corrected chi connectivity index (χ4v) is 0.256. The van der Waals surface area contributed by atoms with E-state index < -0.39 is 5.97 Å². The summed E-state index contributed by atoms with van der Waals surface area (Å²) in [6.07, 6.45) is 2.83. The van der Waals surface area contributed by atoms with Crippen LogP contribution in [0.1, 0.15) is 0 Å². The van der Waals surface area contributed by atoms with Crippen molar-refractivity contribution >= 4 is 12.2 Å². The number of carbonyl (C=O) groups is 1. The topological polar surface area (TPSA) is 72.6 Å². The van der Waals surface area contributed by atoms with Gasteiger partial charge in [-0.05, 0) is 0 Å². The van der Waals surface area contributed by atoms with Crippen LogP contribution in [0.4, 0.5) is 0 Å². The van der Waals surface area contributed by atoms with Gasteiger partial charge in [-0.15, -0.1) is 0 Å². The maximum absolute atomic E-state index is 10.2. The van der Waals surface area contributed by atoms with Gasteiger partial charge < -0.3 is 9.94 Å². The number of carboxylic acid groups (broad SMARTS) is 1. The molecular weight excluding hydrogens is 138 g/mol. The van der Waals surface area contributed by atoms with Gasteiger partial charge >= 0.3 is 5.97 Å². The first-order valence-electron chi connectivity index (χ1n) is 2.41. The standard InChI is InChI=1S/C5H7NO4/c1-10-6(9)4-2-3-5(7)8/h2-4H,1H3,(H,7,8)/b3-2+,6-4+. The quantitative estimate of drug-likeness (QED) is 0.257. The summed E-state index contributed by atoms with van der Waals surface area (Å²) in [5.74, 6) is -1.11. The summed E-state index contributed by atoms with van der Waals surface area (Å²) in [6.45, 7) is 0. The van der Waals surface area contributed by atoms with Crippen molar-refractivity contribution in [2.24, 2.45) is 0 Å². The molecule has 1 N–H and O–H groups in total. The Hall–Kier alpha value is -1.52. The average molecular weight is 145 g/mol. The van der Waals surface area contributed by atoms with E-state index >= 15 is 0 Å². The SMILES string of the molecule is CO/[N+]([O-])=C/C=C/C(=O)O. The molecule has 0 aromatic heterocycles. The predicted octanol–water partition coefficient (Wildman–Crippen LogP) is -0.230. The van der Waals surface area contributed by atoms with Crippen molar-refractivity contribution in [1.29, 1.82) is 0 Å². The van der Waals surface area contributed by atoms with Gasteiger partial charge in [-0.2, -0.15) is 0 Å². The monoisotopic (exact) mass is 145 g/mol. The van der Waals surface area contributed by atoms with E-state index in [0.717, 1.165) is 18.4 Å². The van der Waals surface area contributed by atoms with Crippen LogP contribution in [0.5, 0.6) is 0 Å². The lowest BCUT2D eigenvalue weighted by Gasteiger charge is -1.91. The van der Waals surface area contributed by atoms with Gasteiger partial charge in [0.1, 0.15) is 0 Å². The average Bonchev–Trinajstić information content (AvgIpc) is 1.87.